The summed E-state index contributed by atoms with van der Waals surface area (Å²) < 4.78 is 28.9. The second-order valence-electron chi connectivity index (χ2n) is 7.06. The molecule has 1 aromatic heterocycles. The maximum absolute atomic E-state index is 13.9. The Morgan fingerprint density at radius 1 is 1.12 bits per heavy atom. The molecule has 2 fully saturated rings. The van der Waals surface area contributed by atoms with Gasteiger partial charge in [0, 0.05) is 30.1 Å². The summed E-state index contributed by atoms with van der Waals surface area (Å²) in [5.41, 5.74) is 1.24. The van der Waals surface area contributed by atoms with Crippen LogP contribution in [0.4, 0.5) is 8.78 Å². The standard InChI is InChI=1S/C19H21F2N3O/c20-15-5-6-17(21)14(10-15)11-23-9-1-2-16(23)12-24-19(25)8-7-18(22-24)13-3-4-13/h5-8,10,13,16H,1-4,9,11-12H2. The Hall–Kier alpha value is -2.08. The number of hydrogen-bond acceptors (Lipinski definition) is 3. The van der Waals surface area contributed by atoms with Gasteiger partial charge < -0.3 is 0 Å². The van der Waals surface area contributed by atoms with Crippen molar-refractivity contribution < 1.29 is 8.78 Å². The molecule has 0 bridgehead atoms. The molecule has 1 aromatic carbocycles. The minimum atomic E-state index is -0.429. The number of rotatable bonds is 5. The van der Waals surface area contributed by atoms with Gasteiger partial charge >= 0.3 is 0 Å². The number of aromatic nitrogens is 2. The molecule has 1 atom stereocenters. The molecular formula is C19H21F2N3O. The largest absolute Gasteiger partial charge is 0.294 e. The van der Waals surface area contributed by atoms with Gasteiger partial charge in [-0.3, -0.25) is 9.69 Å². The summed E-state index contributed by atoms with van der Waals surface area (Å²) in [4.78, 5) is 14.3. The van der Waals surface area contributed by atoms with E-state index in [-0.39, 0.29) is 11.6 Å². The highest BCUT2D eigenvalue weighted by atomic mass is 19.1. The van der Waals surface area contributed by atoms with Crippen molar-refractivity contribution >= 4 is 0 Å². The fourth-order valence-corrected chi connectivity index (χ4v) is 3.59. The summed E-state index contributed by atoms with van der Waals surface area (Å²) in [5.74, 6) is -0.326. The van der Waals surface area contributed by atoms with Gasteiger partial charge in [-0.25, -0.2) is 13.5 Å². The second-order valence-corrected chi connectivity index (χ2v) is 7.06. The zero-order valence-corrected chi connectivity index (χ0v) is 14.0. The lowest BCUT2D eigenvalue weighted by Crippen LogP contribution is -2.37. The summed E-state index contributed by atoms with van der Waals surface area (Å²) >= 11 is 0. The Balaban J connectivity index is 1.51. The number of halogens is 2. The summed E-state index contributed by atoms with van der Waals surface area (Å²) in [6, 6.07) is 7.08. The Kier molecular flexibility index (Phi) is 4.37. The van der Waals surface area contributed by atoms with Crippen molar-refractivity contribution in [2.75, 3.05) is 6.54 Å². The first-order valence-electron chi connectivity index (χ1n) is 8.86. The minimum Gasteiger partial charge on any atom is -0.294 e. The Morgan fingerprint density at radius 3 is 2.76 bits per heavy atom. The number of nitrogens with zero attached hydrogens (tertiary/aromatic N) is 3. The van der Waals surface area contributed by atoms with Gasteiger partial charge in [-0.1, -0.05) is 0 Å². The normalized spacial score (nSPS) is 21.0. The van der Waals surface area contributed by atoms with Crippen LogP contribution < -0.4 is 5.56 Å². The predicted molar refractivity (Wildman–Crippen MR) is 90.3 cm³/mol. The van der Waals surface area contributed by atoms with Crippen LogP contribution in [0, 0.1) is 11.6 Å². The highest BCUT2D eigenvalue weighted by Gasteiger charge is 2.28. The van der Waals surface area contributed by atoms with Crippen LogP contribution in [0.3, 0.4) is 0 Å². The van der Waals surface area contributed by atoms with Crippen LogP contribution in [-0.4, -0.2) is 27.3 Å². The molecule has 2 aliphatic rings. The maximum atomic E-state index is 13.9. The topological polar surface area (TPSA) is 38.1 Å². The molecule has 1 aliphatic carbocycles. The molecule has 0 radical (unpaired) electrons. The lowest BCUT2D eigenvalue weighted by Gasteiger charge is -2.25. The van der Waals surface area contributed by atoms with Gasteiger partial charge in [0.05, 0.1) is 12.2 Å². The molecule has 2 aromatic rings. The van der Waals surface area contributed by atoms with E-state index in [2.05, 4.69) is 10.00 Å². The average Bonchev–Trinajstić information content (AvgIpc) is 3.35. The fraction of sp³-hybridized carbons (Fsp3) is 0.474. The highest BCUT2D eigenvalue weighted by molar-refractivity contribution is 5.19. The molecule has 25 heavy (non-hydrogen) atoms. The lowest BCUT2D eigenvalue weighted by atomic mass is 10.1. The van der Waals surface area contributed by atoms with Crippen LogP contribution in [0.1, 0.15) is 42.9 Å². The fourth-order valence-electron chi connectivity index (χ4n) is 3.59. The molecule has 0 spiro atoms. The summed E-state index contributed by atoms with van der Waals surface area (Å²) in [6.07, 6.45) is 4.19. The van der Waals surface area contributed by atoms with Crippen LogP contribution in [0.15, 0.2) is 35.1 Å². The van der Waals surface area contributed by atoms with E-state index in [1.54, 1.807) is 10.7 Å². The van der Waals surface area contributed by atoms with Crippen molar-refractivity contribution in [1.82, 2.24) is 14.7 Å². The van der Waals surface area contributed by atoms with Crippen LogP contribution in [-0.2, 0) is 13.1 Å². The number of benzene rings is 1. The Morgan fingerprint density at radius 2 is 1.96 bits per heavy atom. The first-order valence-corrected chi connectivity index (χ1v) is 8.86. The van der Waals surface area contributed by atoms with Gasteiger partial charge in [-0.2, -0.15) is 5.10 Å². The first-order chi connectivity index (χ1) is 12.1. The minimum absolute atomic E-state index is 0.104. The van der Waals surface area contributed by atoms with Gasteiger partial charge in [0.1, 0.15) is 11.6 Å². The van der Waals surface area contributed by atoms with Crippen molar-refractivity contribution in [3.63, 3.8) is 0 Å². The molecule has 1 aliphatic heterocycles. The summed E-state index contributed by atoms with van der Waals surface area (Å²) in [6.45, 7) is 1.67. The van der Waals surface area contributed by atoms with E-state index < -0.39 is 11.6 Å². The maximum Gasteiger partial charge on any atom is 0.266 e. The quantitative estimate of drug-likeness (QED) is 0.836. The molecule has 1 saturated heterocycles. The van der Waals surface area contributed by atoms with Crippen LogP contribution >= 0.6 is 0 Å². The molecule has 2 heterocycles. The van der Waals surface area contributed by atoms with E-state index in [1.807, 2.05) is 6.07 Å². The van der Waals surface area contributed by atoms with E-state index in [1.165, 1.54) is 12.1 Å². The lowest BCUT2D eigenvalue weighted by molar-refractivity contribution is 0.213. The molecule has 1 unspecified atom stereocenters. The van der Waals surface area contributed by atoms with E-state index in [4.69, 9.17) is 0 Å². The van der Waals surface area contributed by atoms with E-state index in [0.29, 0.717) is 24.6 Å². The zero-order chi connectivity index (χ0) is 17.4. The SMILES string of the molecule is O=c1ccc(C2CC2)nn1CC1CCCN1Cc1cc(F)ccc1F. The first kappa shape index (κ1) is 16.4. The van der Waals surface area contributed by atoms with Crippen LogP contribution in [0.2, 0.25) is 0 Å². The van der Waals surface area contributed by atoms with Crippen molar-refractivity contribution in [1.29, 1.82) is 0 Å². The molecule has 6 heteroatoms. The molecule has 0 amide bonds. The highest BCUT2D eigenvalue weighted by Crippen LogP contribution is 2.38. The summed E-state index contributed by atoms with van der Waals surface area (Å²) in [5, 5.41) is 4.51. The monoisotopic (exact) mass is 345 g/mol. The molecule has 4 rings (SSSR count). The molecule has 4 nitrogen and oxygen atoms in total. The zero-order valence-electron chi connectivity index (χ0n) is 14.0. The molecule has 0 N–H and O–H groups in total. The Labute approximate surface area is 145 Å². The van der Waals surface area contributed by atoms with E-state index >= 15 is 0 Å². The van der Waals surface area contributed by atoms with Gasteiger partial charge in [0.25, 0.3) is 5.56 Å². The van der Waals surface area contributed by atoms with Crippen molar-refractivity contribution in [2.24, 2.45) is 0 Å². The van der Waals surface area contributed by atoms with Crippen molar-refractivity contribution in [2.45, 2.75) is 50.7 Å². The van der Waals surface area contributed by atoms with E-state index in [0.717, 1.165) is 44.0 Å². The Bertz CT molecular complexity index is 832. The van der Waals surface area contributed by atoms with Gasteiger partial charge in [-0.15, -0.1) is 0 Å². The molecular weight excluding hydrogens is 324 g/mol. The summed E-state index contributed by atoms with van der Waals surface area (Å²) in [7, 11) is 0. The number of hydrogen-bond donors (Lipinski definition) is 0. The third-order valence-electron chi connectivity index (χ3n) is 5.15. The average molecular weight is 345 g/mol. The van der Waals surface area contributed by atoms with Gasteiger partial charge in [0.15, 0.2) is 0 Å². The predicted octanol–water partition coefficient (Wildman–Crippen LogP) is 3.06. The van der Waals surface area contributed by atoms with Crippen LogP contribution in [0.25, 0.3) is 0 Å². The van der Waals surface area contributed by atoms with Crippen molar-refractivity contribution in [3.8, 4) is 0 Å². The van der Waals surface area contributed by atoms with Crippen molar-refractivity contribution in [3.05, 3.63) is 63.6 Å². The third kappa shape index (κ3) is 3.63. The molecule has 1 saturated carbocycles. The third-order valence-corrected chi connectivity index (χ3v) is 5.15. The van der Waals surface area contributed by atoms with Crippen LogP contribution in [0.5, 0.6) is 0 Å². The second kappa shape index (κ2) is 6.67. The van der Waals surface area contributed by atoms with Gasteiger partial charge in [0.2, 0.25) is 0 Å². The van der Waals surface area contributed by atoms with E-state index in [9.17, 15) is 13.6 Å². The van der Waals surface area contributed by atoms with Gasteiger partial charge in [-0.05, 0) is 56.5 Å². The smallest absolute Gasteiger partial charge is 0.266 e. The molecule has 132 valence electrons. The number of likely N-dealkylation sites (tertiary alicyclic amines) is 1.